The molecule has 1 aliphatic carbocycles. The molecule has 0 bridgehead atoms. The summed E-state index contributed by atoms with van der Waals surface area (Å²) in [7, 11) is 0. The highest BCUT2D eigenvalue weighted by Gasteiger charge is 2.13. The molecule has 0 aliphatic heterocycles. The molecule has 0 saturated carbocycles. The number of rotatable bonds is 0. The van der Waals surface area contributed by atoms with Crippen LogP contribution in [-0.2, 0) is 0 Å². The lowest BCUT2D eigenvalue weighted by atomic mass is 9.84. The van der Waals surface area contributed by atoms with Gasteiger partial charge in [0.05, 0.1) is 0 Å². The van der Waals surface area contributed by atoms with Gasteiger partial charge in [0.2, 0.25) is 0 Å². The molecular weight excluding hydrogens is 108 g/mol. The smallest absolute Gasteiger partial charge is 0.0232 e. The van der Waals surface area contributed by atoms with E-state index in [0.29, 0.717) is 0 Å². The second kappa shape index (κ2) is 2.55. The Hall–Kier alpha value is -0.260. The van der Waals surface area contributed by atoms with Crippen LogP contribution in [0, 0.1) is 11.8 Å². The van der Waals surface area contributed by atoms with Gasteiger partial charge in [-0.15, -0.1) is 0 Å². The SMILES string of the molecule is CC1=CCC(C)C[C@@H]1C. The van der Waals surface area contributed by atoms with Crippen LogP contribution in [0.5, 0.6) is 0 Å². The van der Waals surface area contributed by atoms with Crippen LogP contribution in [-0.4, -0.2) is 0 Å². The fraction of sp³-hybridized carbons (Fsp3) is 0.778. The largest absolute Gasteiger partial charge is 0.0851 e. The van der Waals surface area contributed by atoms with Gasteiger partial charge in [-0.3, -0.25) is 0 Å². The Balaban J connectivity index is 2.56. The van der Waals surface area contributed by atoms with Gasteiger partial charge < -0.3 is 0 Å². The Morgan fingerprint density at radius 3 is 2.56 bits per heavy atom. The fourth-order valence-electron chi connectivity index (χ4n) is 1.47. The van der Waals surface area contributed by atoms with Crippen LogP contribution >= 0.6 is 0 Å². The van der Waals surface area contributed by atoms with E-state index in [2.05, 4.69) is 26.8 Å². The van der Waals surface area contributed by atoms with Crippen molar-refractivity contribution in [3.05, 3.63) is 11.6 Å². The topological polar surface area (TPSA) is 0 Å². The van der Waals surface area contributed by atoms with Crippen LogP contribution in [0.1, 0.15) is 33.6 Å². The minimum atomic E-state index is 0.841. The van der Waals surface area contributed by atoms with E-state index >= 15 is 0 Å². The maximum absolute atomic E-state index is 2.39. The molecule has 0 heterocycles. The molecule has 0 radical (unpaired) electrons. The normalized spacial score (nSPS) is 36.1. The lowest BCUT2D eigenvalue weighted by Crippen LogP contribution is -2.08. The van der Waals surface area contributed by atoms with Gasteiger partial charge >= 0.3 is 0 Å². The van der Waals surface area contributed by atoms with Gasteiger partial charge in [0.1, 0.15) is 0 Å². The van der Waals surface area contributed by atoms with Crippen molar-refractivity contribution < 1.29 is 0 Å². The molecule has 9 heavy (non-hydrogen) atoms. The monoisotopic (exact) mass is 124 g/mol. The lowest BCUT2D eigenvalue weighted by Gasteiger charge is -2.22. The highest BCUT2D eigenvalue weighted by Crippen LogP contribution is 2.27. The van der Waals surface area contributed by atoms with Gasteiger partial charge in [-0.2, -0.15) is 0 Å². The van der Waals surface area contributed by atoms with Crippen LogP contribution in [0.2, 0.25) is 0 Å². The summed E-state index contributed by atoms with van der Waals surface area (Å²) in [6.45, 7) is 6.90. The van der Waals surface area contributed by atoms with Gasteiger partial charge in [-0.05, 0) is 31.6 Å². The van der Waals surface area contributed by atoms with Crippen LogP contribution in [0.15, 0.2) is 11.6 Å². The maximum Gasteiger partial charge on any atom is -0.0232 e. The van der Waals surface area contributed by atoms with E-state index in [1.165, 1.54) is 12.8 Å². The predicted molar refractivity (Wildman–Crippen MR) is 41.3 cm³/mol. The van der Waals surface area contributed by atoms with Crippen molar-refractivity contribution in [2.75, 3.05) is 0 Å². The molecule has 2 atom stereocenters. The third-order valence-corrected chi connectivity index (χ3v) is 2.38. The average molecular weight is 124 g/mol. The van der Waals surface area contributed by atoms with E-state index in [0.717, 1.165) is 11.8 Å². The summed E-state index contributed by atoms with van der Waals surface area (Å²) < 4.78 is 0. The Kier molecular flexibility index (Phi) is 1.94. The molecule has 52 valence electrons. The highest BCUT2D eigenvalue weighted by atomic mass is 14.2. The first kappa shape index (κ1) is 6.85. The van der Waals surface area contributed by atoms with Crippen molar-refractivity contribution in [1.29, 1.82) is 0 Å². The molecule has 0 saturated heterocycles. The second-order valence-electron chi connectivity index (χ2n) is 3.43. The van der Waals surface area contributed by atoms with E-state index in [1.54, 1.807) is 5.57 Å². The van der Waals surface area contributed by atoms with Crippen LogP contribution in [0.4, 0.5) is 0 Å². The molecule has 1 unspecified atom stereocenters. The summed E-state index contributed by atoms with van der Waals surface area (Å²) in [5.74, 6) is 1.76. The standard InChI is InChI=1S/C9H16/c1-7-4-5-8(2)9(3)6-7/h5,7,9H,4,6H2,1-3H3/t7?,9-/m0/s1. The van der Waals surface area contributed by atoms with Gasteiger partial charge in [0.15, 0.2) is 0 Å². The Labute approximate surface area is 58.0 Å². The summed E-state index contributed by atoms with van der Waals surface area (Å²) in [5.41, 5.74) is 1.59. The van der Waals surface area contributed by atoms with E-state index in [-0.39, 0.29) is 0 Å². The first-order valence-electron chi connectivity index (χ1n) is 3.87. The Bertz CT molecular complexity index is 122. The molecule has 0 aromatic heterocycles. The van der Waals surface area contributed by atoms with Crippen molar-refractivity contribution in [2.45, 2.75) is 33.6 Å². The van der Waals surface area contributed by atoms with Gasteiger partial charge in [0, 0.05) is 0 Å². The zero-order valence-electron chi connectivity index (χ0n) is 6.65. The predicted octanol–water partition coefficient (Wildman–Crippen LogP) is 3.00. The summed E-state index contributed by atoms with van der Waals surface area (Å²) in [6, 6.07) is 0. The van der Waals surface area contributed by atoms with Crippen molar-refractivity contribution in [3.8, 4) is 0 Å². The van der Waals surface area contributed by atoms with Gasteiger partial charge in [0.25, 0.3) is 0 Å². The molecule has 0 nitrogen and oxygen atoms in total. The molecule has 0 aromatic carbocycles. The molecule has 0 heteroatoms. The van der Waals surface area contributed by atoms with Crippen molar-refractivity contribution >= 4 is 0 Å². The number of allylic oxidation sites excluding steroid dienone is 2. The van der Waals surface area contributed by atoms with E-state index in [9.17, 15) is 0 Å². The highest BCUT2D eigenvalue weighted by molar-refractivity contribution is 5.06. The van der Waals surface area contributed by atoms with Gasteiger partial charge in [-0.25, -0.2) is 0 Å². The zero-order valence-corrected chi connectivity index (χ0v) is 6.65. The summed E-state index contributed by atoms with van der Waals surface area (Å²) in [5, 5.41) is 0. The van der Waals surface area contributed by atoms with Crippen molar-refractivity contribution in [3.63, 3.8) is 0 Å². The quantitative estimate of drug-likeness (QED) is 0.435. The zero-order chi connectivity index (χ0) is 6.85. The first-order chi connectivity index (χ1) is 4.20. The summed E-state index contributed by atoms with van der Waals surface area (Å²) in [6.07, 6.45) is 5.08. The first-order valence-corrected chi connectivity index (χ1v) is 3.87. The molecule has 0 spiro atoms. The molecular formula is C9H16. The lowest BCUT2D eigenvalue weighted by molar-refractivity contribution is 0.430. The molecule has 0 fully saturated rings. The molecule has 0 aromatic rings. The molecule has 1 aliphatic rings. The average Bonchev–Trinajstić information content (AvgIpc) is 1.80. The van der Waals surface area contributed by atoms with Crippen LogP contribution < -0.4 is 0 Å². The fourth-order valence-corrected chi connectivity index (χ4v) is 1.47. The van der Waals surface area contributed by atoms with Crippen molar-refractivity contribution in [2.24, 2.45) is 11.8 Å². The summed E-state index contributed by atoms with van der Waals surface area (Å²) >= 11 is 0. The van der Waals surface area contributed by atoms with E-state index < -0.39 is 0 Å². The molecule has 0 N–H and O–H groups in total. The Morgan fingerprint density at radius 2 is 2.11 bits per heavy atom. The minimum absolute atomic E-state index is 0.841. The van der Waals surface area contributed by atoms with Crippen molar-refractivity contribution in [1.82, 2.24) is 0 Å². The van der Waals surface area contributed by atoms with E-state index in [1.807, 2.05) is 0 Å². The maximum atomic E-state index is 2.39. The van der Waals surface area contributed by atoms with E-state index in [4.69, 9.17) is 0 Å². The number of hydrogen-bond acceptors (Lipinski definition) is 0. The van der Waals surface area contributed by atoms with Crippen LogP contribution in [0.3, 0.4) is 0 Å². The third kappa shape index (κ3) is 1.57. The Morgan fingerprint density at radius 1 is 1.44 bits per heavy atom. The molecule has 0 amide bonds. The van der Waals surface area contributed by atoms with Gasteiger partial charge in [-0.1, -0.05) is 25.5 Å². The second-order valence-corrected chi connectivity index (χ2v) is 3.43. The van der Waals surface area contributed by atoms with Crippen LogP contribution in [0.25, 0.3) is 0 Å². The third-order valence-electron chi connectivity index (χ3n) is 2.38. The number of hydrogen-bond donors (Lipinski definition) is 0. The molecule has 1 rings (SSSR count). The minimum Gasteiger partial charge on any atom is -0.0851 e. The summed E-state index contributed by atoms with van der Waals surface area (Å²) in [4.78, 5) is 0.